The Morgan fingerprint density at radius 2 is 1.58 bits per heavy atom. The van der Waals surface area contributed by atoms with Crippen molar-refractivity contribution in [2.24, 2.45) is 0 Å². The molecular formula is C29H30F3N7O4. The van der Waals surface area contributed by atoms with E-state index in [0.717, 1.165) is 11.1 Å². The standard InChI is InChI=1S/C29H30F3N7O4/c1-18(40)37(2)13-14-38(3)27(42)21-9-11-23(24(15-21)43-4)34-28-35-25-12-10-22(16-39(25)36-28)19-5-7-20(8-6-19)26(41)33-17-29(30,31)32/h5-12,15-16H,13-14,17H2,1-4H3,(H,33,41)(H,34,36). The smallest absolute Gasteiger partial charge is 0.405 e. The highest BCUT2D eigenvalue weighted by Gasteiger charge is 2.28. The number of alkyl halides is 3. The van der Waals surface area contributed by atoms with Crippen molar-refractivity contribution in [3.05, 3.63) is 71.9 Å². The molecule has 0 radical (unpaired) electrons. The van der Waals surface area contributed by atoms with Crippen molar-refractivity contribution in [3.63, 3.8) is 0 Å². The third-order valence-corrected chi connectivity index (χ3v) is 6.61. The first-order valence-electron chi connectivity index (χ1n) is 13.1. The van der Waals surface area contributed by atoms with E-state index < -0.39 is 18.6 Å². The monoisotopic (exact) mass is 597 g/mol. The summed E-state index contributed by atoms with van der Waals surface area (Å²) in [6.07, 6.45) is -2.76. The highest BCUT2D eigenvalue weighted by molar-refractivity contribution is 5.95. The Morgan fingerprint density at radius 1 is 0.930 bits per heavy atom. The number of ether oxygens (including phenoxy) is 1. The highest BCUT2D eigenvalue weighted by atomic mass is 19.4. The first kappa shape index (κ1) is 30.8. The van der Waals surface area contributed by atoms with Crippen molar-refractivity contribution in [1.82, 2.24) is 29.7 Å². The van der Waals surface area contributed by atoms with Gasteiger partial charge in [-0.3, -0.25) is 14.4 Å². The molecule has 0 aliphatic carbocycles. The molecule has 0 unspecified atom stereocenters. The first-order valence-corrected chi connectivity index (χ1v) is 13.1. The number of rotatable bonds is 10. The van der Waals surface area contributed by atoms with Gasteiger partial charge in [-0.15, -0.1) is 5.10 Å². The van der Waals surface area contributed by atoms with Crippen LogP contribution in [0.5, 0.6) is 5.75 Å². The summed E-state index contributed by atoms with van der Waals surface area (Å²) >= 11 is 0. The number of aromatic nitrogens is 3. The average Bonchev–Trinajstić information content (AvgIpc) is 3.39. The zero-order valence-corrected chi connectivity index (χ0v) is 23.9. The van der Waals surface area contributed by atoms with Crippen LogP contribution in [-0.4, -0.2) is 89.1 Å². The molecule has 0 aliphatic heterocycles. The Bertz CT molecular complexity index is 1640. The minimum atomic E-state index is -4.49. The predicted octanol–water partition coefficient (Wildman–Crippen LogP) is 3.99. The van der Waals surface area contributed by atoms with E-state index in [1.54, 1.807) is 67.3 Å². The maximum Gasteiger partial charge on any atom is 0.405 e. The third-order valence-electron chi connectivity index (χ3n) is 6.61. The number of amides is 3. The zero-order chi connectivity index (χ0) is 31.3. The topological polar surface area (TPSA) is 121 Å². The Labute approximate surface area is 245 Å². The van der Waals surface area contributed by atoms with Crippen LogP contribution < -0.4 is 15.4 Å². The molecule has 0 saturated heterocycles. The fourth-order valence-corrected chi connectivity index (χ4v) is 4.03. The van der Waals surface area contributed by atoms with Crippen molar-refractivity contribution < 1.29 is 32.3 Å². The fraction of sp³-hybridized carbons (Fsp3) is 0.276. The van der Waals surface area contributed by atoms with Gasteiger partial charge in [-0.05, 0) is 48.0 Å². The number of pyridine rings is 1. The largest absolute Gasteiger partial charge is 0.495 e. The number of nitrogens with zero attached hydrogens (tertiary/aromatic N) is 5. The van der Waals surface area contributed by atoms with Crippen LogP contribution in [0.15, 0.2) is 60.8 Å². The van der Waals surface area contributed by atoms with Crippen LogP contribution in [0.1, 0.15) is 27.6 Å². The summed E-state index contributed by atoms with van der Waals surface area (Å²) in [5, 5.41) is 9.41. The summed E-state index contributed by atoms with van der Waals surface area (Å²) in [6, 6.07) is 14.7. The molecule has 2 N–H and O–H groups in total. The van der Waals surface area contributed by atoms with Crippen LogP contribution in [0.25, 0.3) is 16.8 Å². The summed E-state index contributed by atoms with van der Waals surface area (Å²) < 4.78 is 44.2. The molecule has 43 heavy (non-hydrogen) atoms. The van der Waals surface area contributed by atoms with Gasteiger partial charge in [0.2, 0.25) is 11.9 Å². The molecule has 11 nitrogen and oxygen atoms in total. The Hall–Kier alpha value is -5.14. The van der Waals surface area contributed by atoms with Crippen LogP contribution in [-0.2, 0) is 4.79 Å². The highest BCUT2D eigenvalue weighted by Crippen LogP contribution is 2.29. The molecule has 2 aromatic carbocycles. The second-order valence-corrected chi connectivity index (χ2v) is 9.74. The molecule has 14 heteroatoms. The van der Waals surface area contributed by atoms with E-state index in [2.05, 4.69) is 15.4 Å². The van der Waals surface area contributed by atoms with Gasteiger partial charge in [0.05, 0.1) is 12.8 Å². The number of hydrogen-bond donors (Lipinski definition) is 2. The molecule has 0 aliphatic rings. The zero-order valence-electron chi connectivity index (χ0n) is 23.9. The van der Waals surface area contributed by atoms with Crippen molar-refractivity contribution in [1.29, 1.82) is 0 Å². The summed E-state index contributed by atoms with van der Waals surface area (Å²) in [5.41, 5.74) is 3.05. The van der Waals surface area contributed by atoms with Gasteiger partial charge in [0.15, 0.2) is 5.65 Å². The van der Waals surface area contributed by atoms with E-state index in [1.807, 2.05) is 5.32 Å². The van der Waals surface area contributed by atoms with Crippen LogP contribution in [0.3, 0.4) is 0 Å². The van der Waals surface area contributed by atoms with Crippen molar-refractivity contribution in [2.45, 2.75) is 13.1 Å². The molecule has 0 atom stereocenters. The lowest BCUT2D eigenvalue weighted by Gasteiger charge is -2.22. The Morgan fingerprint density at radius 3 is 2.23 bits per heavy atom. The van der Waals surface area contributed by atoms with Gasteiger partial charge < -0.3 is 25.2 Å². The molecule has 0 fully saturated rings. The molecule has 3 amide bonds. The van der Waals surface area contributed by atoms with Crippen LogP contribution in [0, 0.1) is 0 Å². The SMILES string of the molecule is COc1cc(C(=O)N(C)CCN(C)C(C)=O)ccc1Nc1nc2ccc(-c3ccc(C(=O)NCC(F)(F)F)cc3)cn2n1. The molecule has 2 heterocycles. The molecule has 0 saturated carbocycles. The molecular weight excluding hydrogens is 567 g/mol. The van der Waals surface area contributed by atoms with Gasteiger partial charge in [0.1, 0.15) is 12.3 Å². The summed E-state index contributed by atoms with van der Waals surface area (Å²) in [6.45, 7) is 0.835. The minimum Gasteiger partial charge on any atom is -0.495 e. The second-order valence-electron chi connectivity index (χ2n) is 9.74. The van der Waals surface area contributed by atoms with Crippen molar-refractivity contribution in [2.75, 3.05) is 46.2 Å². The maximum absolute atomic E-state index is 12.9. The van der Waals surface area contributed by atoms with Crippen molar-refractivity contribution >= 4 is 35.0 Å². The van der Waals surface area contributed by atoms with E-state index >= 15 is 0 Å². The lowest BCUT2D eigenvalue weighted by Crippen LogP contribution is -2.36. The predicted molar refractivity (Wildman–Crippen MR) is 153 cm³/mol. The number of nitrogens with one attached hydrogen (secondary N) is 2. The minimum absolute atomic E-state index is 0.0831. The van der Waals surface area contributed by atoms with Gasteiger partial charge in [-0.25, -0.2) is 4.52 Å². The number of likely N-dealkylation sites (N-methyl/N-ethyl adjacent to an activating group) is 2. The number of halogens is 3. The molecule has 4 aromatic rings. The maximum atomic E-state index is 12.9. The van der Waals surface area contributed by atoms with E-state index in [-0.39, 0.29) is 23.3 Å². The van der Waals surface area contributed by atoms with E-state index in [4.69, 9.17) is 4.74 Å². The summed E-state index contributed by atoms with van der Waals surface area (Å²) in [4.78, 5) is 43.8. The van der Waals surface area contributed by atoms with Gasteiger partial charge >= 0.3 is 6.18 Å². The molecule has 0 spiro atoms. The second kappa shape index (κ2) is 12.8. The van der Waals surface area contributed by atoms with Crippen molar-refractivity contribution in [3.8, 4) is 16.9 Å². The number of methoxy groups -OCH3 is 1. The van der Waals surface area contributed by atoms with E-state index in [9.17, 15) is 27.6 Å². The number of fused-ring (bicyclic) bond motifs is 1. The Kier molecular flexibility index (Phi) is 9.17. The fourth-order valence-electron chi connectivity index (χ4n) is 4.03. The van der Waals surface area contributed by atoms with Crippen LogP contribution in [0.4, 0.5) is 24.8 Å². The quantitative estimate of drug-likeness (QED) is 0.284. The lowest BCUT2D eigenvalue weighted by molar-refractivity contribution is -0.127. The number of anilines is 2. The van der Waals surface area contributed by atoms with Crippen LogP contribution in [0.2, 0.25) is 0 Å². The molecule has 226 valence electrons. The lowest BCUT2D eigenvalue weighted by atomic mass is 10.1. The van der Waals surface area contributed by atoms with Gasteiger partial charge in [0, 0.05) is 57.0 Å². The average molecular weight is 598 g/mol. The van der Waals surface area contributed by atoms with E-state index in [1.165, 1.54) is 36.0 Å². The third kappa shape index (κ3) is 7.78. The number of carbonyl (C=O) groups excluding carboxylic acids is 3. The molecule has 2 aromatic heterocycles. The summed E-state index contributed by atoms with van der Waals surface area (Å²) in [7, 11) is 4.81. The van der Waals surface area contributed by atoms with Gasteiger partial charge in [0.25, 0.3) is 11.8 Å². The van der Waals surface area contributed by atoms with Gasteiger partial charge in [-0.2, -0.15) is 18.2 Å². The Balaban J connectivity index is 1.46. The van der Waals surface area contributed by atoms with Gasteiger partial charge in [-0.1, -0.05) is 12.1 Å². The number of hydrogen-bond acceptors (Lipinski definition) is 7. The number of benzene rings is 2. The number of carbonyl (C=O) groups is 3. The first-order chi connectivity index (χ1) is 20.3. The normalized spacial score (nSPS) is 11.2. The van der Waals surface area contributed by atoms with Crippen LogP contribution >= 0.6 is 0 Å². The molecule has 0 bridgehead atoms. The summed E-state index contributed by atoms with van der Waals surface area (Å²) in [5.74, 6) is -0.450. The molecule has 4 rings (SSSR count). The van der Waals surface area contributed by atoms with E-state index in [0.29, 0.717) is 35.7 Å².